The quantitative estimate of drug-likeness (QED) is 0.611. The van der Waals surface area contributed by atoms with Crippen LogP contribution in [0.3, 0.4) is 0 Å². The lowest BCUT2D eigenvalue weighted by molar-refractivity contribution is -0.122. The van der Waals surface area contributed by atoms with Gasteiger partial charge in [0.15, 0.2) is 5.17 Å². The Morgan fingerprint density at radius 2 is 2.04 bits per heavy atom. The molecule has 1 atom stereocenters. The standard InChI is InChI=1S/C18H18N4O2S2/c1-11-3-5-13(6-4-11)20-16(23)9-14-17(24)21-18(26-14)22-19-10-15-12(2)7-8-25-15/h3-8,10,14H,9H2,1-2H3,(H,20,23)(H,21,22,24)/b19-10+. The molecule has 8 heteroatoms. The highest BCUT2D eigenvalue weighted by molar-refractivity contribution is 8.15. The van der Waals surface area contributed by atoms with Crippen LogP contribution in [0.1, 0.15) is 22.4 Å². The zero-order valence-electron chi connectivity index (χ0n) is 14.4. The SMILES string of the molecule is Cc1ccc(NC(=O)CC2S/C(=N/N=C/c3sccc3C)NC2=O)cc1. The second kappa shape index (κ2) is 8.29. The van der Waals surface area contributed by atoms with Crippen molar-refractivity contribution in [3.63, 3.8) is 0 Å². The first-order chi connectivity index (χ1) is 12.5. The topological polar surface area (TPSA) is 82.9 Å². The maximum absolute atomic E-state index is 12.1. The third kappa shape index (κ3) is 4.80. The van der Waals surface area contributed by atoms with Crippen LogP contribution < -0.4 is 10.6 Å². The molecule has 134 valence electrons. The van der Waals surface area contributed by atoms with Crippen LogP contribution in [0.25, 0.3) is 0 Å². The molecule has 0 aliphatic carbocycles. The molecule has 1 aliphatic rings. The van der Waals surface area contributed by atoms with Gasteiger partial charge in [-0.3, -0.25) is 9.59 Å². The summed E-state index contributed by atoms with van der Waals surface area (Å²) in [5.74, 6) is -0.434. The number of thiophene rings is 1. The Labute approximate surface area is 159 Å². The molecule has 1 aliphatic heterocycles. The Kier molecular flexibility index (Phi) is 5.85. The summed E-state index contributed by atoms with van der Waals surface area (Å²) in [6.45, 7) is 3.98. The van der Waals surface area contributed by atoms with Crippen molar-refractivity contribution in [1.29, 1.82) is 0 Å². The summed E-state index contributed by atoms with van der Waals surface area (Å²) in [7, 11) is 0. The summed E-state index contributed by atoms with van der Waals surface area (Å²) >= 11 is 2.80. The molecule has 3 rings (SSSR count). The zero-order chi connectivity index (χ0) is 18.5. The predicted molar refractivity (Wildman–Crippen MR) is 108 cm³/mol. The molecule has 6 nitrogen and oxygen atoms in total. The minimum Gasteiger partial charge on any atom is -0.326 e. The highest BCUT2D eigenvalue weighted by Gasteiger charge is 2.32. The summed E-state index contributed by atoms with van der Waals surface area (Å²) in [6.07, 6.45) is 1.74. The lowest BCUT2D eigenvalue weighted by atomic mass is 10.2. The van der Waals surface area contributed by atoms with Gasteiger partial charge < -0.3 is 10.6 Å². The fraction of sp³-hybridized carbons (Fsp3) is 0.222. The number of nitrogens with zero attached hydrogens (tertiary/aromatic N) is 2. The highest BCUT2D eigenvalue weighted by Crippen LogP contribution is 2.23. The first-order valence-corrected chi connectivity index (χ1v) is 9.76. The summed E-state index contributed by atoms with van der Waals surface area (Å²) in [4.78, 5) is 25.2. The molecule has 2 amide bonds. The van der Waals surface area contributed by atoms with Crippen LogP contribution in [0.15, 0.2) is 45.9 Å². The van der Waals surface area contributed by atoms with E-state index in [2.05, 4.69) is 20.8 Å². The molecule has 1 saturated heterocycles. The normalized spacial score (nSPS) is 18.5. The third-order valence-corrected chi connectivity index (χ3v) is 5.73. The molecule has 26 heavy (non-hydrogen) atoms. The van der Waals surface area contributed by atoms with E-state index >= 15 is 0 Å². The number of amides is 2. The van der Waals surface area contributed by atoms with Gasteiger partial charge in [-0.15, -0.1) is 16.4 Å². The highest BCUT2D eigenvalue weighted by atomic mass is 32.2. The number of carbonyl (C=O) groups excluding carboxylic acids is 2. The number of thioether (sulfide) groups is 1. The van der Waals surface area contributed by atoms with E-state index in [-0.39, 0.29) is 18.2 Å². The van der Waals surface area contributed by atoms with Crippen molar-refractivity contribution in [3.05, 3.63) is 51.7 Å². The number of rotatable bonds is 5. The predicted octanol–water partition coefficient (Wildman–Crippen LogP) is 3.32. The van der Waals surface area contributed by atoms with E-state index in [1.54, 1.807) is 17.6 Å². The molecule has 0 saturated carbocycles. The second-order valence-electron chi connectivity index (χ2n) is 5.83. The first-order valence-electron chi connectivity index (χ1n) is 8.00. The van der Waals surface area contributed by atoms with Crippen LogP contribution in [0.5, 0.6) is 0 Å². The number of benzene rings is 1. The van der Waals surface area contributed by atoms with Crippen molar-refractivity contribution >= 4 is 52.0 Å². The number of amidine groups is 1. The summed E-state index contributed by atoms with van der Waals surface area (Å²) in [5.41, 5.74) is 2.97. The molecule has 2 heterocycles. The lowest BCUT2D eigenvalue weighted by Gasteiger charge is -2.07. The minimum atomic E-state index is -0.502. The van der Waals surface area contributed by atoms with Crippen LogP contribution >= 0.6 is 23.1 Å². The average molecular weight is 387 g/mol. The van der Waals surface area contributed by atoms with Gasteiger partial charge in [-0.2, -0.15) is 5.10 Å². The Balaban J connectivity index is 1.55. The number of anilines is 1. The molecule has 1 fully saturated rings. The maximum Gasteiger partial charge on any atom is 0.240 e. The summed E-state index contributed by atoms with van der Waals surface area (Å²) < 4.78 is 0. The van der Waals surface area contributed by atoms with Gasteiger partial charge in [0, 0.05) is 12.1 Å². The van der Waals surface area contributed by atoms with Gasteiger partial charge in [0.25, 0.3) is 0 Å². The first kappa shape index (κ1) is 18.3. The van der Waals surface area contributed by atoms with Gasteiger partial charge in [-0.1, -0.05) is 29.5 Å². The van der Waals surface area contributed by atoms with Crippen molar-refractivity contribution in [2.75, 3.05) is 5.32 Å². The number of hydrogen-bond donors (Lipinski definition) is 2. The van der Waals surface area contributed by atoms with Crippen molar-refractivity contribution in [2.45, 2.75) is 25.5 Å². The van der Waals surface area contributed by atoms with Crippen molar-refractivity contribution in [1.82, 2.24) is 5.32 Å². The Morgan fingerprint density at radius 3 is 2.73 bits per heavy atom. The largest absolute Gasteiger partial charge is 0.326 e. The third-order valence-electron chi connectivity index (χ3n) is 3.71. The Hall–Kier alpha value is -2.45. The number of nitrogens with one attached hydrogen (secondary N) is 2. The Morgan fingerprint density at radius 1 is 1.27 bits per heavy atom. The van der Waals surface area contributed by atoms with E-state index < -0.39 is 5.25 Å². The van der Waals surface area contributed by atoms with Crippen molar-refractivity contribution in [2.24, 2.45) is 10.2 Å². The summed E-state index contributed by atoms with van der Waals surface area (Å²) in [5, 5.41) is 15.4. The molecule has 0 spiro atoms. The number of aryl methyl sites for hydroxylation is 2. The monoisotopic (exact) mass is 386 g/mol. The van der Waals surface area contributed by atoms with E-state index in [0.717, 1.165) is 16.0 Å². The van der Waals surface area contributed by atoms with Gasteiger partial charge >= 0.3 is 0 Å². The minimum absolute atomic E-state index is 0.0805. The fourth-order valence-corrected chi connectivity index (χ4v) is 3.96. The molecular formula is C18H18N4O2S2. The van der Waals surface area contributed by atoms with Crippen LogP contribution in [0.4, 0.5) is 5.69 Å². The molecular weight excluding hydrogens is 368 g/mol. The molecule has 0 bridgehead atoms. The van der Waals surface area contributed by atoms with E-state index in [0.29, 0.717) is 10.9 Å². The zero-order valence-corrected chi connectivity index (χ0v) is 16.0. The molecule has 1 aromatic carbocycles. The van der Waals surface area contributed by atoms with Crippen molar-refractivity contribution in [3.8, 4) is 0 Å². The van der Waals surface area contributed by atoms with Gasteiger partial charge in [-0.25, -0.2) is 0 Å². The van der Waals surface area contributed by atoms with E-state index in [1.807, 2.05) is 49.6 Å². The van der Waals surface area contributed by atoms with Crippen LogP contribution in [0, 0.1) is 13.8 Å². The fourth-order valence-electron chi connectivity index (χ4n) is 2.25. The number of hydrogen-bond acceptors (Lipinski definition) is 6. The second-order valence-corrected chi connectivity index (χ2v) is 7.97. The lowest BCUT2D eigenvalue weighted by Crippen LogP contribution is -2.28. The van der Waals surface area contributed by atoms with Crippen LogP contribution in [0.2, 0.25) is 0 Å². The Bertz CT molecular complexity index is 872. The smallest absolute Gasteiger partial charge is 0.240 e. The van der Waals surface area contributed by atoms with E-state index in [1.165, 1.54) is 11.8 Å². The van der Waals surface area contributed by atoms with Gasteiger partial charge in [0.1, 0.15) is 5.25 Å². The molecule has 2 aromatic rings. The van der Waals surface area contributed by atoms with E-state index in [9.17, 15) is 9.59 Å². The molecule has 1 aromatic heterocycles. The molecule has 0 radical (unpaired) electrons. The molecule has 2 N–H and O–H groups in total. The van der Waals surface area contributed by atoms with E-state index in [4.69, 9.17) is 0 Å². The van der Waals surface area contributed by atoms with Gasteiger partial charge in [0.05, 0.1) is 11.1 Å². The van der Waals surface area contributed by atoms with Crippen LogP contribution in [-0.4, -0.2) is 28.4 Å². The average Bonchev–Trinajstić information content (AvgIpc) is 3.16. The van der Waals surface area contributed by atoms with Crippen molar-refractivity contribution < 1.29 is 9.59 Å². The number of carbonyl (C=O) groups is 2. The molecule has 1 unspecified atom stereocenters. The van der Waals surface area contributed by atoms with Gasteiger partial charge in [0.2, 0.25) is 11.8 Å². The summed E-state index contributed by atoms with van der Waals surface area (Å²) in [6, 6.07) is 9.52. The maximum atomic E-state index is 12.1. The van der Waals surface area contributed by atoms with Gasteiger partial charge in [-0.05, 0) is 43.0 Å². The van der Waals surface area contributed by atoms with Crippen LogP contribution in [-0.2, 0) is 9.59 Å².